The third-order valence-corrected chi connectivity index (χ3v) is 4.35. The average Bonchev–Trinajstić information content (AvgIpc) is 2.75. The van der Waals surface area contributed by atoms with E-state index in [1.165, 1.54) is 5.56 Å². The van der Waals surface area contributed by atoms with Gasteiger partial charge in [0.25, 0.3) is 0 Å². The van der Waals surface area contributed by atoms with Crippen molar-refractivity contribution >= 4 is 0 Å². The Morgan fingerprint density at radius 1 is 0.500 bits per heavy atom. The van der Waals surface area contributed by atoms with Crippen LogP contribution in [0.15, 0.2) is 103 Å². The fourth-order valence-corrected chi connectivity index (χ4v) is 3.07. The summed E-state index contributed by atoms with van der Waals surface area (Å²) in [5.74, 6) is 6.51. The van der Waals surface area contributed by atoms with Crippen LogP contribution in [0, 0.1) is 10.2 Å². The molecule has 3 aromatic carbocycles. The maximum Gasteiger partial charge on any atom is 0.243 e. The molecule has 4 aromatic rings. The van der Waals surface area contributed by atoms with Gasteiger partial charge in [-0.25, -0.2) is 24.5 Å². The highest BCUT2D eigenvalue weighted by atomic mass is 35.7. The first-order valence-corrected chi connectivity index (χ1v) is 10.2. The second-order valence-electron chi connectivity index (χ2n) is 6.36. The highest BCUT2D eigenvalue weighted by Crippen LogP contribution is 2.28. The summed E-state index contributed by atoms with van der Waals surface area (Å²) in [4.78, 5) is 0. The minimum absolute atomic E-state index is 0.987. The summed E-state index contributed by atoms with van der Waals surface area (Å²) in [7, 11) is -4.94. The van der Waals surface area contributed by atoms with Gasteiger partial charge in [0.15, 0.2) is 0 Å². The highest BCUT2D eigenvalue weighted by molar-refractivity contribution is 5.73. The van der Waals surface area contributed by atoms with Gasteiger partial charge in [-0.3, -0.25) is 0 Å². The Hall–Kier alpha value is -3.26. The largest absolute Gasteiger partial charge is 0.243 e. The molecule has 152 valence electrons. The normalized spacial score (nSPS) is 10.8. The van der Waals surface area contributed by atoms with Crippen LogP contribution >= 0.6 is 0 Å². The van der Waals surface area contributed by atoms with Crippen molar-refractivity contribution in [2.45, 2.75) is 0 Å². The van der Waals surface area contributed by atoms with Gasteiger partial charge in [0.1, 0.15) is 0 Å². The number of rotatable bonds is 3. The molecule has 0 aliphatic carbocycles. The van der Waals surface area contributed by atoms with Gasteiger partial charge in [-0.2, -0.15) is 0 Å². The maximum absolute atomic E-state index is 8.49. The summed E-state index contributed by atoms with van der Waals surface area (Å²) in [5.41, 5.74) is 6.50. The predicted octanol–water partition coefficient (Wildman–Crippen LogP) is -0.0671. The number of nitrogens with two attached hydrogens (primary N) is 1. The number of benzene rings is 3. The molecule has 6 nitrogen and oxygen atoms in total. The Balaban J connectivity index is 0.000000461. The van der Waals surface area contributed by atoms with E-state index < -0.39 is 10.2 Å². The lowest BCUT2D eigenvalue weighted by atomic mass is 10.00. The van der Waals surface area contributed by atoms with Crippen LogP contribution in [0.5, 0.6) is 0 Å². The van der Waals surface area contributed by atoms with Crippen molar-refractivity contribution in [3.63, 3.8) is 0 Å². The number of nitrogens with zero attached hydrogens (tertiary/aromatic N) is 1. The Kier molecular flexibility index (Phi) is 6.79. The molecule has 0 saturated heterocycles. The van der Waals surface area contributed by atoms with Gasteiger partial charge < -0.3 is 0 Å². The van der Waals surface area contributed by atoms with E-state index in [1.54, 1.807) is 4.68 Å². The van der Waals surface area contributed by atoms with Gasteiger partial charge in [0, 0.05) is 23.3 Å². The first kappa shape index (κ1) is 21.4. The molecular formula is C23H19ClN2O4. The van der Waals surface area contributed by atoms with Crippen LogP contribution < -0.4 is 29.2 Å². The molecule has 1 aromatic heterocycles. The molecule has 0 bridgehead atoms. The Morgan fingerprint density at radius 2 is 0.800 bits per heavy atom. The van der Waals surface area contributed by atoms with E-state index in [0.717, 1.165) is 28.1 Å². The number of hydrogen-bond acceptors (Lipinski definition) is 5. The average molecular weight is 423 g/mol. The van der Waals surface area contributed by atoms with Crippen molar-refractivity contribution in [1.82, 2.24) is 0 Å². The molecule has 0 saturated carbocycles. The van der Waals surface area contributed by atoms with Gasteiger partial charge in [0.05, 0.1) is 0 Å². The molecule has 0 amide bonds. The molecule has 0 aliphatic rings. The zero-order chi connectivity index (χ0) is 21.6. The quantitative estimate of drug-likeness (QED) is 0.366. The molecule has 1 heterocycles. The van der Waals surface area contributed by atoms with E-state index >= 15 is 0 Å². The molecule has 0 radical (unpaired) electrons. The maximum atomic E-state index is 8.49. The molecule has 0 spiro atoms. The summed E-state index contributed by atoms with van der Waals surface area (Å²) in [5, 5.41) is 0. The molecule has 0 atom stereocenters. The van der Waals surface area contributed by atoms with Gasteiger partial charge >= 0.3 is 0 Å². The molecule has 2 N–H and O–H groups in total. The van der Waals surface area contributed by atoms with Crippen molar-refractivity contribution < 1.29 is 33.6 Å². The monoisotopic (exact) mass is 422 g/mol. The smallest absolute Gasteiger partial charge is 0.222 e. The zero-order valence-corrected chi connectivity index (χ0v) is 16.6. The molecule has 30 heavy (non-hydrogen) atoms. The molecule has 0 unspecified atom stereocenters. The summed E-state index contributed by atoms with van der Waals surface area (Å²) in [6.07, 6.45) is 0. The van der Waals surface area contributed by atoms with Crippen LogP contribution in [-0.2, 0) is 0 Å². The lowest BCUT2D eigenvalue weighted by Crippen LogP contribution is -2.68. The van der Waals surface area contributed by atoms with Gasteiger partial charge in [-0.1, -0.05) is 71.4 Å². The van der Waals surface area contributed by atoms with Crippen LogP contribution in [0.25, 0.3) is 33.6 Å². The minimum atomic E-state index is -4.94. The van der Waals surface area contributed by atoms with Crippen molar-refractivity contribution in [2.24, 2.45) is 0 Å². The topological polar surface area (TPSA) is 122 Å². The van der Waals surface area contributed by atoms with E-state index in [-0.39, 0.29) is 0 Å². The molecule has 4 rings (SSSR count). The lowest BCUT2D eigenvalue weighted by Gasteiger charge is -2.17. The molecule has 0 fully saturated rings. The van der Waals surface area contributed by atoms with Crippen LogP contribution in [-0.4, -0.2) is 0 Å². The van der Waals surface area contributed by atoms with Crippen molar-refractivity contribution in [2.75, 3.05) is 5.84 Å². The molecule has 7 heteroatoms. The van der Waals surface area contributed by atoms with Gasteiger partial charge in [0.2, 0.25) is 11.4 Å². The van der Waals surface area contributed by atoms with Crippen LogP contribution in [0.3, 0.4) is 0 Å². The first-order chi connectivity index (χ1) is 14.3. The Labute approximate surface area is 176 Å². The summed E-state index contributed by atoms with van der Waals surface area (Å²) in [6, 6.07) is 35.2. The van der Waals surface area contributed by atoms with E-state index in [4.69, 9.17) is 24.5 Å². The number of hydrogen-bond donors (Lipinski definition) is 1. The van der Waals surface area contributed by atoms with Gasteiger partial charge in [-0.05, 0) is 35.4 Å². The summed E-state index contributed by atoms with van der Waals surface area (Å²) >= 11 is 0. The van der Waals surface area contributed by atoms with Crippen molar-refractivity contribution in [3.8, 4) is 33.6 Å². The van der Waals surface area contributed by atoms with E-state index in [0.29, 0.717) is 0 Å². The predicted molar refractivity (Wildman–Crippen MR) is 103 cm³/mol. The van der Waals surface area contributed by atoms with E-state index in [1.807, 2.05) is 42.5 Å². The summed E-state index contributed by atoms with van der Waals surface area (Å²) < 4.78 is 35.7. The zero-order valence-electron chi connectivity index (χ0n) is 15.9. The molecular weight excluding hydrogens is 404 g/mol. The fourth-order valence-electron chi connectivity index (χ4n) is 3.07. The SMILES string of the molecule is N[n+]1c(-c2ccccc2)cc(-c2ccccc2)cc1-c1ccccc1.[O-][Cl+3]([O-])([O-])[O-]. The van der Waals surface area contributed by atoms with Crippen molar-refractivity contribution in [3.05, 3.63) is 103 Å². The Morgan fingerprint density at radius 3 is 1.13 bits per heavy atom. The third-order valence-electron chi connectivity index (χ3n) is 4.35. The second kappa shape index (κ2) is 9.49. The number of halogens is 1. The van der Waals surface area contributed by atoms with Crippen LogP contribution in [0.1, 0.15) is 0 Å². The lowest BCUT2D eigenvalue weighted by molar-refractivity contribution is -2.00. The first-order valence-electron chi connectivity index (χ1n) is 8.96. The van der Waals surface area contributed by atoms with Crippen LogP contribution in [0.2, 0.25) is 0 Å². The van der Waals surface area contributed by atoms with Gasteiger partial charge in [-0.15, -0.1) is 10.2 Å². The van der Waals surface area contributed by atoms with E-state index in [2.05, 4.69) is 60.7 Å². The number of aromatic nitrogens is 1. The number of nitrogen functional groups attached to an aromatic ring is 1. The molecule has 0 aliphatic heterocycles. The van der Waals surface area contributed by atoms with E-state index in [9.17, 15) is 0 Å². The fraction of sp³-hybridized carbons (Fsp3) is 0. The third kappa shape index (κ3) is 5.87. The van der Waals surface area contributed by atoms with Crippen LogP contribution in [0.4, 0.5) is 0 Å². The minimum Gasteiger partial charge on any atom is -0.222 e. The summed E-state index contributed by atoms with van der Waals surface area (Å²) in [6.45, 7) is 0. The van der Waals surface area contributed by atoms with Crippen molar-refractivity contribution in [1.29, 1.82) is 0 Å². The standard InChI is InChI=1S/C23H19N2.ClHO4/c24-25-22(19-12-6-2-7-13-19)16-21(18-10-4-1-5-11-18)17-23(25)20-14-8-3-9-15-20;2-1(3,4)5/h1-17H,24H2;(H,2,3,4,5)/q+1;/p-1. The highest BCUT2D eigenvalue weighted by Gasteiger charge is 2.20. The Bertz CT molecular complexity index is 1020. The second-order valence-corrected chi connectivity index (χ2v) is 7.12. The number of pyridine rings is 1.